The first-order valence-electron chi connectivity index (χ1n) is 9.45. The van der Waals surface area contributed by atoms with E-state index in [1.54, 1.807) is 0 Å². The van der Waals surface area contributed by atoms with Gasteiger partial charge in [-0.1, -0.05) is 30.8 Å². The van der Waals surface area contributed by atoms with Gasteiger partial charge in [-0.3, -0.25) is 9.69 Å². The van der Waals surface area contributed by atoms with Gasteiger partial charge in [0.2, 0.25) is 0 Å². The number of nitrogens with zero attached hydrogens (tertiary/aromatic N) is 1. The lowest BCUT2D eigenvalue weighted by molar-refractivity contribution is -0.114. The maximum Gasteiger partial charge on any atom is 0.155 e. The van der Waals surface area contributed by atoms with Crippen LogP contribution in [0, 0.1) is 0 Å². The second-order valence-electron chi connectivity index (χ2n) is 8.46. The average Bonchev–Trinajstić information content (AvgIpc) is 2.56. The Kier molecular flexibility index (Phi) is 6.43. The van der Waals surface area contributed by atoms with Crippen molar-refractivity contribution in [1.29, 1.82) is 0 Å². The summed E-state index contributed by atoms with van der Waals surface area (Å²) in [5, 5.41) is 20.6. The minimum absolute atomic E-state index is 0.0336. The number of carbonyl (C=O) groups is 1. The van der Waals surface area contributed by atoms with Gasteiger partial charge < -0.3 is 10.2 Å². The minimum atomic E-state index is -0.480. The number of benzene rings is 1. The van der Waals surface area contributed by atoms with Crippen molar-refractivity contribution in [2.75, 3.05) is 13.2 Å². The fourth-order valence-electron chi connectivity index (χ4n) is 4.86. The molecule has 1 fully saturated rings. The zero-order valence-corrected chi connectivity index (χ0v) is 16.5. The van der Waals surface area contributed by atoms with Crippen LogP contribution < -0.4 is 0 Å². The standard InChI is InChI=1S/C22H33NO3/c1-6-17(25)12-11-16-9-7-8-10-18(16)20-19(26)15-21(2,3)23(13-14-24)22(20,4)5/h6-10,19-20,24,26H,1,11-15H2,2-5H3. The molecule has 2 unspecified atom stereocenters. The molecule has 0 aliphatic carbocycles. The van der Waals surface area contributed by atoms with E-state index in [2.05, 4.69) is 45.2 Å². The van der Waals surface area contributed by atoms with E-state index in [-0.39, 0.29) is 29.4 Å². The Balaban J connectivity index is 2.43. The van der Waals surface area contributed by atoms with Crippen LogP contribution in [0.25, 0.3) is 0 Å². The van der Waals surface area contributed by atoms with E-state index < -0.39 is 6.10 Å². The summed E-state index contributed by atoms with van der Waals surface area (Å²) in [7, 11) is 0. The van der Waals surface area contributed by atoms with Crippen LogP contribution in [-0.4, -0.2) is 51.2 Å². The Bertz CT molecular complexity index is 651. The highest BCUT2D eigenvalue weighted by Crippen LogP contribution is 2.47. The zero-order valence-electron chi connectivity index (χ0n) is 16.5. The van der Waals surface area contributed by atoms with Crippen molar-refractivity contribution in [1.82, 2.24) is 4.90 Å². The fourth-order valence-corrected chi connectivity index (χ4v) is 4.86. The Morgan fingerprint density at radius 1 is 1.31 bits per heavy atom. The number of allylic oxidation sites excluding steroid dienone is 1. The summed E-state index contributed by atoms with van der Waals surface area (Å²) in [6.07, 6.45) is 2.60. The van der Waals surface area contributed by atoms with Crippen molar-refractivity contribution < 1.29 is 15.0 Å². The first kappa shape index (κ1) is 20.8. The third-order valence-electron chi connectivity index (χ3n) is 5.86. The van der Waals surface area contributed by atoms with Crippen LogP contribution in [0.3, 0.4) is 0 Å². The van der Waals surface area contributed by atoms with Gasteiger partial charge in [0.25, 0.3) is 0 Å². The van der Waals surface area contributed by atoms with Gasteiger partial charge in [0, 0.05) is 30.0 Å². The number of ketones is 1. The summed E-state index contributed by atoms with van der Waals surface area (Å²) in [6, 6.07) is 8.09. The van der Waals surface area contributed by atoms with Crippen molar-refractivity contribution in [2.24, 2.45) is 0 Å². The summed E-state index contributed by atoms with van der Waals surface area (Å²) in [4.78, 5) is 14.0. The van der Waals surface area contributed by atoms with Crippen LogP contribution in [0.4, 0.5) is 0 Å². The predicted octanol–water partition coefficient (Wildman–Crippen LogP) is 3.07. The maximum absolute atomic E-state index is 11.7. The fraction of sp³-hybridized carbons (Fsp3) is 0.591. The van der Waals surface area contributed by atoms with Crippen LogP contribution in [0.2, 0.25) is 0 Å². The normalized spacial score (nSPS) is 25.0. The van der Waals surface area contributed by atoms with Crippen molar-refractivity contribution >= 4 is 5.78 Å². The smallest absolute Gasteiger partial charge is 0.155 e. The quantitative estimate of drug-likeness (QED) is 0.735. The number of aryl methyl sites for hydroxylation is 1. The van der Waals surface area contributed by atoms with Crippen LogP contribution in [-0.2, 0) is 11.2 Å². The van der Waals surface area contributed by atoms with Crippen molar-refractivity contribution in [2.45, 2.75) is 70.1 Å². The van der Waals surface area contributed by atoms with E-state index in [4.69, 9.17) is 0 Å². The number of piperidine rings is 1. The largest absolute Gasteiger partial charge is 0.395 e. The molecule has 4 nitrogen and oxygen atoms in total. The molecule has 0 bridgehead atoms. The van der Waals surface area contributed by atoms with Crippen molar-refractivity contribution in [3.63, 3.8) is 0 Å². The summed E-state index contributed by atoms with van der Waals surface area (Å²) in [6.45, 7) is 12.7. The highest BCUT2D eigenvalue weighted by Gasteiger charge is 2.51. The number of hydrogen-bond donors (Lipinski definition) is 2. The van der Waals surface area contributed by atoms with Gasteiger partial charge in [-0.15, -0.1) is 0 Å². The molecular formula is C22H33NO3. The summed E-state index contributed by atoms with van der Waals surface area (Å²) in [5.41, 5.74) is 1.67. The lowest BCUT2D eigenvalue weighted by atomic mass is 9.67. The molecule has 2 atom stereocenters. The van der Waals surface area contributed by atoms with Gasteiger partial charge in [0.1, 0.15) is 0 Å². The molecule has 0 saturated carbocycles. The second-order valence-corrected chi connectivity index (χ2v) is 8.46. The monoisotopic (exact) mass is 359 g/mol. The number of carbonyl (C=O) groups excluding carboxylic acids is 1. The molecule has 2 N–H and O–H groups in total. The number of rotatable bonds is 7. The van der Waals surface area contributed by atoms with Crippen molar-refractivity contribution in [3.8, 4) is 0 Å². The van der Waals surface area contributed by atoms with E-state index in [1.165, 1.54) is 6.08 Å². The summed E-state index contributed by atoms with van der Waals surface area (Å²) in [5.74, 6) is -0.0524. The molecule has 1 aromatic rings. The maximum atomic E-state index is 11.7. The Morgan fingerprint density at radius 2 is 1.96 bits per heavy atom. The number of aliphatic hydroxyl groups is 2. The summed E-state index contributed by atoms with van der Waals surface area (Å²) < 4.78 is 0. The van der Waals surface area contributed by atoms with E-state index in [9.17, 15) is 15.0 Å². The first-order valence-corrected chi connectivity index (χ1v) is 9.45. The van der Waals surface area contributed by atoms with Crippen LogP contribution in [0.1, 0.15) is 57.6 Å². The SMILES string of the molecule is C=CC(=O)CCc1ccccc1C1C(O)CC(C)(C)N(CCO)C1(C)C. The van der Waals surface area contributed by atoms with E-state index in [1.807, 2.05) is 18.2 Å². The highest BCUT2D eigenvalue weighted by atomic mass is 16.3. The second kappa shape index (κ2) is 8.03. The van der Waals surface area contributed by atoms with Crippen LogP contribution in [0.5, 0.6) is 0 Å². The molecule has 26 heavy (non-hydrogen) atoms. The first-order chi connectivity index (χ1) is 12.1. The highest BCUT2D eigenvalue weighted by molar-refractivity contribution is 5.89. The molecule has 4 heteroatoms. The third kappa shape index (κ3) is 4.08. The summed E-state index contributed by atoms with van der Waals surface area (Å²) >= 11 is 0. The Morgan fingerprint density at radius 3 is 2.58 bits per heavy atom. The number of likely N-dealkylation sites (tertiary alicyclic amines) is 1. The molecule has 1 aromatic carbocycles. The third-order valence-corrected chi connectivity index (χ3v) is 5.86. The minimum Gasteiger partial charge on any atom is -0.395 e. The molecule has 144 valence electrons. The van der Waals surface area contributed by atoms with Crippen molar-refractivity contribution in [3.05, 3.63) is 48.0 Å². The van der Waals surface area contributed by atoms with E-state index in [0.29, 0.717) is 25.8 Å². The number of hydrogen-bond acceptors (Lipinski definition) is 4. The van der Waals surface area contributed by atoms with Gasteiger partial charge in [0.05, 0.1) is 12.7 Å². The lowest BCUT2D eigenvalue weighted by Crippen LogP contribution is -2.66. The molecule has 0 spiro atoms. The molecule has 0 amide bonds. The molecule has 1 aliphatic heterocycles. The van der Waals surface area contributed by atoms with Crippen LogP contribution in [0.15, 0.2) is 36.9 Å². The zero-order chi connectivity index (χ0) is 19.5. The van der Waals surface area contributed by atoms with Gasteiger partial charge in [0.15, 0.2) is 5.78 Å². The molecule has 0 aromatic heterocycles. The topological polar surface area (TPSA) is 60.8 Å². The van der Waals surface area contributed by atoms with Gasteiger partial charge in [-0.05, 0) is 57.7 Å². The average molecular weight is 360 g/mol. The van der Waals surface area contributed by atoms with E-state index >= 15 is 0 Å². The van der Waals surface area contributed by atoms with Gasteiger partial charge in [-0.2, -0.15) is 0 Å². The predicted molar refractivity (Wildman–Crippen MR) is 105 cm³/mol. The van der Waals surface area contributed by atoms with Gasteiger partial charge in [-0.25, -0.2) is 0 Å². The molecule has 1 saturated heterocycles. The van der Waals surface area contributed by atoms with E-state index in [0.717, 1.165) is 11.1 Å². The molecule has 1 heterocycles. The van der Waals surface area contributed by atoms with Crippen LogP contribution >= 0.6 is 0 Å². The Labute approximate surface area is 157 Å². The van der Waals surface area contributed by atoms with Gasteiger partial charge >= 0.3 is 0 Å². The Hall–Kier alpha value is -1.49. The number of aliphatic hydroxyl groups excluding tert-OH is 2. The molecular weight excluding hydrogens is 326 g/mol. The molecule has 0 radical (unpaired) electrons. The molecule has 2 rings (SSSR count). The lowest BCUT2D eigenvalue weighted by Gasteiger charge is -2.58. The molecule has 1 aliphatic rings. The number of β-amino-alcohol motifs (C(OH)–C–C–N with tert-alkyl or cyclic N) is 1.